The average Bonchev–Trinajstić information content (AvgIpc) is 2.38. The van der Waals surface area contributed by atoms with Crippen molar-refractivity contribution < 1.29 is 4.79 Å². The maximum absolute atomic E-state index is 10.6. The first kappa shape index (κ1) is 11.7. The highest BCUT2D eigenvalue weighted by Gasteiger charge is 2.09. The molecule has 1 saturated heterocycles. The molecule has 90 valence electrons. The van der Waals surface area contributed by atoms with Gasteiger partial charge in [-0.2, -0.15) is 0 Å². The molecule has 0 spiro atoms. The van der Waals surface area contributed by atoms with Crippen molar-refractivity contribution in [2.24, 2.45) is 5.73 Å². The van der Waals surface area contributed by atoms with Crippen molar-refractivity contribution >= 4 is 17.7 Å². The zero-order valence-corrected chi connectivity index (χ0v) is 9.93. The van der Waals surface area contributed by atoms with Gasteiger partial charge in [-0.25, -0.2) is 0 Å². The van der Waals surface area contributed by atoms with E-state index in [0.29, 0.717) is 0 Å². The lowest BCUT2D eigenvalue weighted by Gasteiger charge is -2.28. The van der Waals surface area contributed by atoms with Crippen LogP contribution in [0.2, 0.25) is 0 Å². The lowest BCUT2D eigenvalue weighted by atomic mass is 10.1. The van der Waals surface area contributed by atoms with Crippen molar-refractivity contribution in [3.05, 3.63) is 35.9 Å². The Kier molecular flexibility index (Phi) is 3.81. The number of amides is 1. The van der Waals surface area contributed by atoms with Gasteiger partial charge in [-0.1, -0.05) is 12.1 Å². The van der Waals surface area contributed by atoms with E-state index < -0.39 is 5.91 Å². The summed E-state index contributed by atoms with van der Waals surface area (Å²) >= 11 is 0. The molecule has 0 saturated carbocycles. The number of nitrogens with two attached hydrogens (primary N) is 1. The van der Waals surface area contributed by atoms with E-state index in [1.54, 1.807) is 6.08 Å². The first-order valence-corrected chi connectivity index (χ1v) is 6.08. The number of anilines is 1. The maximum Gasteiger partial charge on any atom is 0.241 e. The molecule has 1 amide bonds. The van der Waals surface area contributed by atoms with Crippen LogP contribution in [0.4, 0.5) is 5.69 Å². The van der Waals surface area contributed by atoms with Gasteiger partial charge in [0, 0.05) is 24.9 Å². The number of hydrogen-bond acceptors (Lipinski definition) is 2. The molecule has 0 bridgehead atoms. The summed E-state index contributed by atoms with van der Waals surface area (Å²) in [5.74, 6) is -0.412. The average molecular weight is 230 g/mol. The Hall–Kier alpha value is -1.77. The molecular formula is C14H18N2O. The predicted octanol–water partition coefficient (Wildman–Crippen LogP) is 2.18. The number of carbonyl (C=O) groups excluding carboxylic acids is 1. The van der Waals surface area contributed by atoms with Gasteiger partial charge in [0.05, 0.1) is 0 Å². The Balaban J connectivity index is 2.04. The number of nitrogens with zero attached hydrogens (tertiary/aromatic N) is 1. The third-order valence-electron chi connectivity index (χ3n) is 3.05. The third kappa shape index (κ3) is 3.34. The van der Waals surface area contributed by atoms with Crippen molar-refractivity contribution in [1.82, 2.24) is 0 Å². The van der Waals surface area contributed by atoms with Crippen molar-refractivity contribution in [2.45, 2.75) is 19.3 Å². The number of carbonyl (C=O) groups is 1. The molecule has 3 nitrogen and oxygen atoms in total. The first-order valence-electron chi connectivity index (χ1n) is 6.08. The zero-order chi connectivity index (χ0) is 12.1. The predicted molar refractivity (Wildman–Crippen MR) is 70.7 cm³/mol. The van der Waals surface area contributed by atoms with Gasteiger partial charge >= 0.3 is 0 Å². The summed E-state index contributed by atoms with van der Waals surface area (Å²) in [5, 5.41) is 0. The smallest absolute Gasteiger partial charge is 0.241 e. The van der Waals surface area contributed by atoms with Gasteiger partial charge in [-0.15, -0.1) is 0 Å². The highest BCUT2D eigenvalue weighted by molar-refractivity contribution is 5.90. The van der Waals surface area contributed by atoms with Crippen LogP contribution in [0.3, 0.4) is 0 Å². The van der Waals surface area contributed by atoms with Gasteiger partial charge in [-0.05, 0) is 43.0 Å². The van der Waals surface area contributed by atoms with Crippen LogP contribution in [0.25, 0.3) is 6.08 Å². The van der Waals surface area contributed by atoms with E-state index in [2.05, 4.69) is 17.0 Å². The number of rotatable bonds is 3. The van der Waals surface area contributed by atoms with E-state index in [9.17, 15) is 4.79 Å². The Morgan fingerprint density at radius 3 is 2.35 bits per heavy atom. The van der Waals surface area contributed by atoms with Gasteiger partial charge in [0.1, 0.15) is 0 Å². The third-order valence-corrected chi connectivity index (χ3v) is 3.05. The van der Waals surface area contributed by atoms with Crippen LogP contribution in [-0.4, -0.2) is 19.0 Å². The zero-order valence-electron chi connectivity index (χ0n) is 9.93. The maximum atomic E-state index is 10.6. The summed E-state index contributed by atoms with van der Waals surface area (Å²) in [6.45, 7) is 2.30. The molecular weight excluding hydrogens is 212 g/mol. The highest BCUT2D eigenvalue weighted by Crippen LogP contribution is 2.20. The van der Waals surface area contributed by atoms with Crippen LogP contribution >= 0.6 is 0 Å². The minimum Gasteiger partial charge on any atom is -0.372 e. The standard InChI is InChI=1S/C14H18N2O/c15-14(17)9-6-12-4-7-13(8-5-12)16-10-2-1-3-11-16/h4-9H,1-3,10-11H2,(H2,15,17)/b9-6+. The first-order chi connectivity index (χ1) is 8.25. The molecule has 1 heterocycles. The summed E-state index contributed by atoms with van der Waals surface area (Å²) in [6, 6.07) is 8.24. The highest BCUT2D eigenvalue weighted by atomic mass is 16.1. The number of hydrogen-bond donors (Lipinski definition) is 1. The molecule has 1 fully saturated rings. The minimum absolute atomic E-state index is 0.412. The van der Waals surface area contributed by atoms with Gasteiger partial charge in [-0.3, -0.25) is 4.79 Å². The van der Waals surface area contributed by atoms with Crippen LogP contribution < -0.4 is 10.6 Å². The fraction of sp³-hybridized carbons (Fsp3) is 0.357. The fourth-order valence-electron chi connectivity index (χ4n) is 2.13. The summed E-state index contributed by atoms with van der Waals surface area (Å²) in [6.07, 6.45) is 7.03. The second-order valence-corrected chi connectivity index (χ2v) is 4.37. The largest absolute Gasteiger partial charge is 0.372 e. The molecule has 3 heteroatoms. The topological polar surface area (TPSA) is 46.3 Å². The van der Waals surface area contributed by atoms with Gasteiger partial charge in [0.2, 0.25) is 5.91 Å². The molecule has 1 aliphatic heterocycles. The van der Waals surface area contributed by atoms with Crippen LogP contribution in [0.1, 0.15) is 24.8 Å². The van der Waals surface area contributed by atoms with E-state index >= 15 is 0 Å². The molecule has 17 heavy (non-hydrogen) atoms. The van der Waals surface area contributed by atoms with Gasteiger partial charge in [0.15, 0.2) is 0 Å². The molecule has 1 aliphatic rings. The molecule has 0 aliphatic carbocycles. The van der Waals surface area contributed by atoms with E-state index in [1.165, 1.54) is 31.0 Å². The SMILES string of the molecule is NC(=O)/C=C/c1ccc(N2CCCCC2)cc1. The van der Waals surface area contributed by atoms with Crippen molar-refractivity contribution in [3.63, 3.8) is 0 Å². The van der Waals surface area contributed by atoms with Crippen LogP contribution in [-0.2, 0) is 4.79 Å². The normalized spacial score (nSPS) is 16.4. The molecule has 1 aromatic carbocycles. The molecule has 0 unspecified atom stereocenters. The summed E-state index contributed by atoms with van der Waals surface area (Å²) in [5.41, 5.74) is 7.32. The summed E-state index contributed by atoms with van der Waals surface area (Å²) < 4.78 is 0. The Morgan fingerprint density at radius 1 is 1.12 bits per heavy atom. The molecule has 2 N–H and O–H groups in total. The second-order valence-electron chi connectivity index (χ2n) is 4.37. The number of primary amides is 1. The van der Waals surface area contributed by atoms with Crippen molar-refractivity contribution in [1.29, 1.82) is 0 Å². The summed E-state index contributed by atoms with van der Waals surface area (Å²) in [7, 11) is 0. The molecule has 1 aromatic rings. The Bertz CT molecular complexity index is 403. The monoisotopic (exact) mass is 230 g/mol. The van der Waals surface area contributed by atoms with Crippen LogP contribution in [0.5, 0.6) is 0 Å². The van der Waals surface area contributed by atoms with E-state index in [1.807, 2.05) is 12.1 Å². The van der Waals surface area contributed by atoms with Crippen molar-refractivity contribution in [3.8, 4) is 0 Å². The second kappa shape index (κ2) is 5.53. The molecule has 2 rings (SSSR count). The minimum atomic E-state index is -0.412. The van der Waals surface area contributed by atoms with Gasteiger partial charge < -0.3 is 10.6 Å². The van der Waals surface area contributed by atoms with Crippen LogP contribution in [0, 0.1) is 0 Å². The van der Waals surface area contributed by atoms with Crippen LogP contribution in [0.15, 0.2) is 30.3 Å². The lowest BCUT2D eigenvalue weighted by Crippen LogP contribution is -2.29. The Morgan fingerprint density at radius 2 is 1.76 bits per heavy atom. The lowest BCUT2D eigenvalue weighted by molar-refractivity contribution is -0.113. The number of piperidine rings is 1. The van der Waals surface area contributed by atoms with Gasteiger partial charge in [0.25, 0.3) is 0 Å². The van der Waals surface area contributed by atoms with E-state index in [-0.39, 0.29) is 0 Å². The quantitative estimate of drug-likeness (QED) is 0.809. The molecule has 0 atom stereocenters. The molecule has 0 radical (unpaired) electrons. The van der Waals surface area contributed by atoms with E-state index in [4.69, 9.17) is 5.73 Å². The fourth-order valence-corrected chi connectivity index (χ4v) is 2.13. The molecule has 0 aromatic heterocycles. The Labute approximate surface area is 102 Å². The summed E-state index contributed by atoms with van der Waals surface area (Å²) in [4.78, 5) is 13.0. The number of benzene rings is 1. The van der Waals surface area contributed by atoms with E-state index in [0.717, 1.165) is 18.7 Å². The van der Waals surface area contributed by atoms with Crippen molar-refractivity contribution in [2.75, 3.05) is 18.0 Å².